The standard InChI is InChI=1S/C29H29FN4O3/c1-3-37-29(36)32-26(17-21-9-5-4-6-10-21)28(35)33-31-18-25-20(2)34(27-12-8-7-11-24(25)27)19-22-13-15-23(30)16-14-22/h4-16,18,26H,3,17,19H2,1-2H3,(H,32,36)(H,33,35)/b31-18-/t26-/m1/s1. The number of hydrogen-bond donors (Lipinski definition) is 2. The Bertz CT molecular complexity index is 1400. The topological polar surface area (TPSA) is 84.7 Å². The van der Waals surface area contributed by atoms with E-state index in [2.05, 4.69) is 20.4 Å². The molecule has 4 aromatic rings. The van der Waals surface area contributed by atoms with Gasteiger partial charge in [0.05, 0.1) is 12.8 Å². The van der Waals surface area contributed by atoms with Crippen LogP contribution in [0.4, 0.5) is 9.18 Å². The van der Waals surface area contributed by atoms with Gasteiger partial charge in [-0.15, -0.1) is 0 Å². The summed E-state index contributed by atoms with van der Waals surface area (Å²) >= 11 is 0. The summed E-state index contributed by atoms with van der Waals surface area (Å²) in [7, 11) is 0. The summed E-state index contributed by atoms with van der Waals surface area (Å²) in [5, 5.41) is 7.81. The first kappa shape index (κ1) is 25.6. The minimum atomic E-state index is -0.862. The number of aromatic nitrogens is 1. The van der Waals surface area contributed by atoms with Crippen molar-refractivity contribution in [2.75, 3.05) is 6.61 Å². The van der Waals surface area contributed by atoms with Crippen LogP contribution in [0.1, 0.15) is 29.3 Å². The number of hydrogen-bond acceptors (Lipinski definition) is 4. The van der Waals surface area contributed by atoms with E-state index in [0.717, 1.165) is 33.3 Å². The van der Waals surface area contributed by atoms with E-state index < -0.39 is 18.0 Å². The fraction of sp³-hybridized carbons (Fsp3) is 0.207. The molecule has 4 rings (SSSR count). The molecule has 8 heteroatoms. The minimum absolute atomic E-state index is 0.199. The van der Waals surface area contributed by atoms with Crippen molar-refractivity contribution in [3.63, 3.8) is 0 Å². The Morgan fingerprint density at radius 2 is 1.70 bits per heavy atom. The Morgan fingerprint density at radius 3 is 2.43 bits per heavy atom. The van der Waals surface area contributed by atoms with Crippen LogP contribution in [0, 0.1) is 12.7 Å². The molecule has 0 saturated heterocycles. The fourth-order valence-electron chi connectivity index (χ4n) is 4.21. The molecule has 190 valence electrons. The molecule has 1 heterocycles. The number of rotatable bonds is 9. The molecule has 0 aliphatic rings. The molecule has 7 nitrogen and oxygen atoms in total. The number of alkyl carbamates (subject to hydrolysis) is 1. The number of amides is 2. The number of halogens is 1. The molecule has 1 aromatic heterocycles. The maximum Gasteiger partial charge on any atom is 0.407 e. The lowest BCUT2D eigenvalue weighted by Crippen LogP contribution is -2.47. The first-order valence-corrected chi connectivity index (χ1v) is 12.1. The molecule has 0 fully saturated rings. The first-order valence-electron chi connectivity index (χ1n) is 12.1. The van der Waals surface area contributed by atoms with E-state index in [1.165, 1.54) is 12.1 Å². The van der Waals surface area contributed by atoms with E-state index in [1.54, 1.807) is 25.3 Å². The van der Waals surface area contributed by atoms with Crippen LogP contribution >= 0.6 is 0 Å². The molecule has 0 spiro atoms. The summed E-state index contributed by atoms with van der Waals surface area (Å²) < 4.78 is 20.5. The molecule has 37 heavy (non-hydrogen) atoms. The average molecular weight is 501 g/mol. The van der Waals surface area contributed by atoms with Gasteiger partial charge in [-0.1, -0.05) is 60.7 Å². The number of nitrogens with one attached hydrogen (secondary N) is 2. The highest BCUT2D eigenvalue weighted by atomic mass is 19.1. The maximum absolute atomic E-state index is 13.4. The third-order valence-corrected chi connectivity index (χ3v) is 6.07. The van der Waals surface area contributed by atoms with Gasteiger partial charge in [-0.3, -0.25) is 4.79 Å². The van der Waals surface area contributed by atoms with E-state index >= 15 is 0 Å². The second kappa shape index (κ2) is 12.0. The van der Waals surface area contributed by atoms with Gasteiger partial charge in [-0.25, -0.2) is 14.6 Å². The molecular formula is C29H29FN4O3. The molecule has 2 N–H and O–H groups in total. The molecule has 0 bridgehead atoms. The van der Waals surface area contributed by atoms with Crippen molar-refractivity contribution in [1.29, 1.82) is 0 Å². The average Bonchev–Trinajstić information content (AvgIpc) is 3.16. The van der Waals surface area contributed by atoms with Gasteiger partial charge < -0.3 is 14.6 Å². The van der Waals surface area contributed by atoms with E-state index in [0.29, 0.717) is 6.54 Å². The summed E-state index contributed by atoms with van der Waals surface area (Å²) in [5.41, 5.74) is 7.24. The monoisotopic (exact) mass is 500 g/mol. The van der Waals surface area contributed by atoms with Crippen LogP contribution < -0.4 is 10.7 Å². The number of fused-ring (bicyclic) bond motifs is 1. The number of hydrazone groups is 1. The lowest BCUT2D eigenvalue weighted by Gasteiger charge is -2.16. The zero-order valence-corrected chi connectivity index (χ0v) is 20.8. The maximum atomic E-state index is 13.4. The third-order valence-electron chi connectivity index (χ3n) is 6.07. The van der Waals surface area contributed by atoms with Gasteiger partial charge in [0.2, 0.25) is 0 Å². The predicted octanol–water partition coefficient (Wildman–Crippen LogP) is 4.94. The zero-order chi connectivity index (χ0) is 26.2. The molecule has 3 aromatic carbocycles. The van der Waals surface area contributed by atoms with Crippen LogP contribution in [0.15, 0.2) is 84.0 Å². The van der Waals surface area contributed by atoms with Crippen LogP contribution in [-0.4, -0.2) is 35.4 Å². The van der Waals surface area contributed by atoms with Gasteiger partial charge >= 0.3 is 6.09 Å². The number of ether oxygens (including phenoxy) is 1. The Morgan fingerprint density at radius 1 is 1.00 bits per heavy atom. The minimum Gasteiger partial charge on any atom is -0.450 e. The molecule has 0 saturated carbocycles. The predicted molar refractivity (Wildman–Crippen MR) is 142 cm³/mol. The van der Waals surface area contributed by atoms with Crippen molar-refractivity contribution in [2.45, 2.75) is 32.9 Å². The van der Waals surface area contributed by atoms with Crippen LogP contribution in [0.2, 0.25) is 0 Å². The fourth-order valence-corrected chi connectivity index (χ4v) is 4.21. The Hall–Kier alpha value is -4.46. The summed E-state index contributed by atoms with van der Waals surface area (Å²) in [6.45, 7) is 4.44. The van der Waals surface area contributed by atoms with Crippen LogP contribution in [0.5, 0.6) is 0 Å². The molecule has 0 radical (unpaired) electrons. The van der Waals surface area contributed by atoms with Gasteiger partial charge in [0.25, 0.3) is 5.91 Å². The number of carbonyl (C=O) groups is 2. The quantitative estimate of drug-likeness (QED) is 0.252. The summed E-state index contributed by atoms with van der Waals surface area (Å²) in [4.78, 5) is 25.0. The van der Waals surface area contributed by atoms with Crippen molar-refractivity contribution in [1.82, 2.24) is 15.3 Å². The largest absolute Gasteiger partial charge is 0.450 e. The molecule has 0 unspecified atom stereocenters. The summed E-state index contributed by atoms with van der Waals surface area (Å²) in [5.74, 6) is -0.731. The lowest BCUT2D eigenvalue weighted by molar-refractivity contribution is -0.123. The lowest BCUT2D eigenvalue weighted by atomic mass is 10.1. The first-order chi connectivity index (χ1) is 18.0. The number of benzene rings is 3. The van der Waals surface area contributed by atoms with E-state index in [-0.39, 0.29) is 18.8 Å². The van der Waals surface area contributed by atoms with Gasteiger partial charge in [0.1, 0.15) is 11.9 Å². The summed E-state index contributed by atoms with van der Waals surface area (Å²) in [6.07, 6.45) is 1.24. The van der Waals surface area contributed by atoms with Gasteiger partial charge in [-0.05, 0) is 43.2 Å². The van der Waals surface area contributed by atoms with E-state index in [4.69, 9.17) is 4.74 Å². The van der Waals surface area contributed by atoms with Crippen molar-refractivity contribution in [2.24, 2.45) is 5.10 Å². The highest BCUT2D eigenvalue weighted by molar-refractivity contribution is 6.01. The van der Waals surface area contributed by atoms with Crippen LogP contribution in [0.3, 0.4) is 0 Å². The zero-order valence-electron chi connectivity index (χ0n) is 20.8. The van der Waals surface area contributed by atoms with Gasteiger partial charge in [0, 0.05) is 35.1 Å². The second-order valence-corrected chi connectivity index (χ2v) is 8.57. The molecular weight excluding hydrogens is 471 g/mol. The molecule has 1 atom stereocenters. The smallest absolute Gasteiger partial charge is 0.407 e. The van der Waals surface area contributed by atoms with Crippen molar-refractivity contribution in [3.8, 4) is 0 Å². The Kier molecular flexibility index (Phi) is 8.30. The van der Waals surface area contributed by atoms with Crippen LogP contribution in [-0.2, 0) is 22.5 Å². The Labute approximate surface area is 214 Å². The number of para-hydroxylation sites is 1. The van der Waals surface area contributed by atoms with E-state index in [1.807, 2.05) is 61.5 Å². The highest BCUT2D eigenvalue weighted by Gasteiger charge is 2.22. The van der Waals surface area contributed by atoms with Crippen molar-refractivity contribution >= 4 is 29.1 Å². The number of nitrogens with zero attached hydrogens (tertiary/aromatic N) is 2. The van der Waals surface area contributed by atoms with Crippen LogP contribution in [0.25, 0.3) is 10.9 Å². The summed E-state index contributed by atoms with van der Waals surface area (Å²) in [6, 6.07) is 22.9. The SMILES string of the molecule is CCOC(=O)N[C@H](Cc1ccccc1)C(=O)N/N=C\c1c(C)n(Cc2ccc(F)cc2)c2ccccc12. The number of carbonyl (C=O) groups excluding carboxylic acids is 2. The molecule has 0 aliphatic carbocycles. The highest BCUT2D eigenvalue weighted by Crippen LogP contribution is 2.25. The molecule has 2 amide bonds. The normalized spacial score (nSPS) is 12.0. The van der Waals surface area contributed by atoms with Gasteiger partial charge in [0.15, 0.2) is 0 Å². The van der Waals surface area contributed by atoms with E-state index in [9.17, 15) is 14.0 Å². The third kappa shape index (κ3) is 6.41. The second-order valence-electron chi connectivity index (χ2n) is 8.57. The van der Waals surface area contributed by atoms with Gasteiger partial charge in [-0.2, -0.15) is 5.10 Å². The van der Waals surface area contributed by atoms with Crippen molar-refractivity contribution in [3.05, 3.63) is 107 Å². The van der Waals surface area contributed by atoms with Crippen molar-refractivity contribution < 1.29 is 18.7 Å². The molecule has 0 aliphatic heterocycles. The Balaban J connectivity index is 1.54.